The van der Waals surface area contributed by atoms with Crippen molar-refractivity contribution in [1.29, 1.82) is 5.26 Å². The average molecular weight is 369 g/mol. The van der Waals surface area contributed by atoms with Gasteiger partial charge in [0.2, 0.25) is 5.91 Å². The number of nitrogens with zero attached hydrogens (tertiary/aromatic N) is 2. The first-order valence-electron chi connectivity index (χ1n) is 8.92. The van der Waals surface area contributed by atoms with Crippen LogP contribution in [0.2, 0.25) is 0 Å². The molecule has 0 saturated carbocycles. The molecule has 2 rings (SSSR count). The number of ether oxygens (including phenoxy) is 1. The molecule has 1 aromatic carbocycles. The second-order valence-corrected chi connectivity index (χ2v) is 6.21. The molecule has 1 saturated heterocycles. The number of nitrogens with one attached hydrogen (secondary N) is 1. The summed E-state index contributed by atoms with van der Waals surface area (Å²) in [6.07, 6.45) is 4.55. The zero-order valence-corrected chi connectivity index (χ0v) is 15.1. The van der Waals surface area contributed by atoms with Gasteiger partial charge >= 0.3 is 5.97 Å². The third-order valence-electron chi connectivity index (χ3n) is 4.26. The molecule has 0 aliphatic carbocycles. The van der Waals surface area contributed by atoms with E-state index in [2.05, 4.69) is 5.32 Å². The van der Waals surface area contributed by atoms with Crippen molar-refractivity contribution in [3.8, 4) is 6.07 Å². The Labute approximate surface area is 158 Å². The number of benzene rings is 1. The van der Waals surface area contributed by atoms with Gasteiger partial charge in [0.15, 0.2) is 6.61 Å². The monoisotopic (exact) mass is 369 g/mol. The summed E-state index contributed by atoms with van der Waals surface area (Å²) in [5.41, 5.74) is 0.956. The second kappa shape index (κ2) is 10.8. The van der Waals surface area contributed by atoms with Gasteiger partial charge in [-0.1, -0.05) is 30.3 Å². The van der Waals surface area contributed by atoms with Crippen LogP contribution in [-0.2, 0) is 19.1 Å². The lowest BCUT2D eigenvalue weighted by Gasteiger charge is -2.30. The Morgan fingerprint density at radius 3 is 2.59 bits per heavy atom. The van der Waals surface area contributed by atoms with Crippen molar-refractivity contribution in [2.24, 2.45) is 5.92 Å². The molecule has 1 aliphatic heterocycles. The molecule has 1 fully saturated rings. The average Bonchev–Trinajstić information content (AvgIpc) is 2.71. The lowest BCUT2D eigenvalue weighted by atomic mass is 9.97. The fourth-order valence-corrected chi connectivity index (χ4v) is 2.74. The van der Waals surface area contributed by atoms with Gasteiger partial charge in [0, 0.05) is 25.7 Å². The maximum Gasteiger partial charge on any atom is 0.309 e. The van der Waals surface area contributed by atoms with Gasteiger partial charge in [-0.3, -0.25) is 14.4 Å². The van der Waals surface area contributed by atoms with Gasteiger partial charge < -0.3 is 15.0 Å². The fourth-order valence-electron chi connectivity index (χ4n) is 2.74. The molecular formula is C20H23N3O4. The first-order valence-corrected chi connectivity index (χ1v) is 8.92. The number of amides is 2. The molecule has 0 unspecified atom stereocenters. The summed E-state index contributed by atoms with van der Waals surface area (Å²) in [5.74, 6) is -1.23. The Balaban J connectivity index is 1.70. The van der Waals surface area contributed by atoms with Crippen molar-refractivity contribution in [2.75, 3.05) is 26.2 Å². The number of nitriles is 1. The van der Waals surface area contributed by atoms with Crippen LogP contribution in [0, 0.1) is 17.2 Å². The van der Waals surface area contributed by atoms with Gasteiger partial charge in [0.1, 0.15) is 0 Å². The molecule has 0 spiro atoms. The van der Waals surface area contributed by atoms with Crippen molar-refractivity contribution in [3.05, 3.63) is 42.0 Å². The van der Waals surface area contributed by atoms with E-state index in [4.69, 9.17) is 10.00 Å². The number of carbonyl (C=O) groups excluding carboxylic acids is 3. The number of rotatable bonds is 7. The van der Waals surface area contributed by atoms with Crippen molar-refractivity contribution >= 4 is 23.9 Å². The van der Waals surface area contributed by atoms with E-state index in [1.165, 1.54) is 0 Å². The molecule has 0 atom stereocenters. The summed E-state index contributed by atoms with van der Waals surface area (Å²) in [4.78, 5) is 37.5. The van der Waals surface area contributed by atoms with Crippen LogP contribution < -0.4 is 5.32 Å². The first kappa shape index (κ1) is 20.2. The fraction of sp³-hybridized carbons (Fsp3) is 0.400. The minimum absolute atomic E-state index is 0.0810. The smallest absolute Gasteiger partial charge is 0.309 e. The standard InChI is InChI=1S/C20H23N3O4/c21-11-4-12-22-18(24)15-27-20(26)17-9-13-23(14-10-17)19(25)8-7-16-5-2-1-3-6-16/h1-3,5-8,17H,4,9-10,12-15H2,(H,22,24)/b8-7+. The van der Waals surface area contributed by atoms with E-state index in [-0.39, 0.29) is 31.4 Å². The molecule has 1 aliphatic rings. The highest BCUT2D eigenvalue weighted by molar-refractivity contribution is 5.92. The topological polar surface area (TPSA) is 99.5 Å². The first-order chi connectivity index (χ1) is 13.1. The summed E-state index contributed by atoms with van der Waals surface area (Å²) in [7, 11) is 0. The zero-order chi connectivity index (χ0) is 19.5. The van der Waals surface area contributed by atoms with E-state index in [0.717, 1.165) is 5.56 Å². The SMILES string of the molecule is N#CCCNC(=O)COC(=O)C1CCN(C(=O)/C=C/c2ccccc2)CC1. The van der Waals surface area contributed by atoms with Crippen LogP contribution in [0.4, 0.5) is 0 Å². The minimum atomic E-state index is -0.419. The summed E-state index contributed by atoms with van der Waals surface area (Å²) in [6, 6.07) is 11.5. The quantitative estimate of drug-likeness (QED) is 0.446. The van der Waals surface area contributed by atoms with Gasteiger partial charge in [-0.2, -0.15) is 5.26 Å². The Morgan fingerprint density at radius 2 is 1.93 bits per heavy atom. The van der Waals surface area contributed by atoms with Crippen LogP contribution in [0.15, 0.2) is 36.4 Å². The molecule has 0 radical (unpaired) electrons. The maximum absolute atomic E-state index is 12.2. The van der Waals surface area contributed by atoms with Gasteiger partial charge in [-0.25, -0.2) is 0 Å². The number of hydrogen-bond acceptors (Lipinski definition) is 5. The molecule has 7 heteroatoms. The van der Waals surface area contributed by atoms with Gasteiger partial charge in [-0.05, 0) is 24.5 Å². The van der Waals surface area contributed by atoms with Gasteiger partial charge in [-0.15, -0.1) is 0 Å². The van der Waals surface area contributed by atoms with Crippen LogP contribution in [0.3, 0.4) is 0 Å². The lowest BCUT2D eigenvalue weighted by molar-refractivity contribution is -0.154. The molecule has 0 bridgehead atoms. The summed E-state index contributed by atoms with van der Waals surface area (Å²) >= 11 is 0. The van der Waals surface area contributed by atoms with E-state index in [9.17, 15) is 14.4 Å². The Bertz CT molecular complexity index is 716. The van der Waals surface area contributed by atoms with Crippen molar-refractivity contribution < 1.29 is 19.1 Å². The Hall–Kier alpha value is -3.14. The van der Waals surface area contributed by atoms with Crippen LogP contribution in [0.5, 0.6) is 0 Å². The summed E-state index contributed by atoms with van der Waals surface area (Å²) in [6.45, 7) is 0.852. The van der Waals surface area contributed by atoms with Crippen LogP contribution in [0.25, 0.3) is 6.08 Å². The number of carbonyl (C=O) groups is 3. The molecule has 2 amide bonds. The minimum Gasteiger partial charge on any atom is -0.455 e. The largest absolute Gasteiger partial charge is 0.455 e. The number of hydrogen-bond donors (Lipinski definition) is 1. The Kier molecular flexibility index (Phi) is 8.04. The predicted molar refractivity (Wildman–Crippen MR) is 99.0 cm³/mol. The van der Waals surface area contributed by atoms with Gasteiger partial charge in [0.25, 0.3) is 5.91 Å². The normalized spacial score (nSPS) is 14.6. The molecule has 1 N–H and O–H groups in total. The predicted octanol–water partition coefficient (Wildman–Crippen LogP) is 1.51. The van der Waals surface area contributed by atoms with Crippen molar-refractivity contribution in [2.45, 2.75) is 19.3 Å². The van der Waals surface area contributed by atoms with E-state index in [1.54, 1.807) is 17.1 Å². The van der Waals surface area contributed by atoms with E-state index in [0.29, 0.717) is 25.9 Å². The third-order valence-corrected chi connectivity index (χ3v) is 4.26. The molecule has 142 valence electrons. The maximum atomic E-state index is 12.2. The number of likely N-dealkylation sites (tertiary alicyclic amines) is 1. The molecule has 27 heavy (non-hydrogen) atoms. The molecular weight excluding hydrogens is 346 g/mol. The van der Waals surface area contributed by atoms with E-state index in [1.807, 2.05) is 36.4 Å². The third kappa shape index (κ3) is 6.94. The van der Waals surface area contributed by atoms with Crippen molar-refractivity contribution in [1.82, 2.24) is 10.2 Å². The molecule has 1 aromatic rings. The zero-order valence-electron chi connectivity index (χ0n) is 15.1. The summed E-state index contributed by atoms with van der Waals surface area (Å²) in [5, 5.41) is 10.9. The van der Waals surface area contributed by atoms with E-state index < -0.39 is 11.9 Å². The molecule has 1 heterocycles. The number of esters is 1. The highest BCUT2D eigenvalue weighted by Gasteiger charge is 2.28. The van der Waals surface area contributed by atoms with Crippen LogP contribution in [-0.4, -0.2) is 48.9 Å². The molecule has 0 aromatic heterocycles. The van der Waals surface area contributed by atoms with E-state index >= 15 is 0 Å². The second-order valence-electron chi connectivity index (χ2n) is 6.21. The number of piperidine rings is 1. The highest BCUT2D eigenvalue weighted by Crippen LogP contribution is 2.19. The Morgan fingerprint density at radius 1 is 1.22 bits per heavy atom. The van der Waals surface area contributed by atoms with Gasteiger partial charge in [0.05, 0.1) is 18.4 Å². The molecule has 7 nitrogen and oxygen atoms in total. The van der Waals surface area contributed by atoms with Crippen LogP contribution >= 0.6 is 0 Å². The van der Waals surface area contributed by atoms with Crippen molar-refractivity contribution in [3.63, 3.8) is 0 Å². The lowest BCUT2D eigenvalue weighted by Crippen LogP contribution is -2.40. The van der Waals surface area contributed by atoms with Crippen LogP contribution in [0.1, 0.15) is 24.8 Å². The highest BCUT2D eigenvalue weighted by atomic mass is 16.5. The summed E-state index contributed by atoms with van der Waals surface area (Å²) < 4.78 is 5.02.